The molecule has 0 aliphatic carbocycles. The monoisotopic (exact) mass is 415 g/mol. The topological polar surface area (TPSA) is 116 Å². The summed E-state index contributed by atoms with van der Waals surface area (Å²) in [6.45, 7) is 1.31. The van der Waals surface area contributed by atoms with Gasteiger partial charge in [-0.25, -0.2) is 4.57 Å². The lowest BCUT2D eigenvalue weighted by Gasteiger charge is -2.16. The number of aryl methyl sites for hydroxylation is 2. The summed E-state index contributed by atoms with van der Waals surface area (Å²) in [5.41, 5.74) is 2.35. The Morgan fingerprint density at radius 1 is 1.11 bits per heavy atom. The molecule has 0 saturated carbocycles. The molecule has 0 spiro atoms. The van der Waals surface area contributed by atoms with Gasteiger partial charge < -0.3 is 20.2 Å². The van der Waals surface area contributed by atoms with Crippen LogP contribution in [-0.2, 0) is 26.7 Å². The maximum absolute atomic E-state index is 12.0. The van der Waals surface area contributed by atoms with Gasteiger partial charge in [0.05, 0.1) is 19.3 Å². The van der Waals surface area contributed by atoms with E-state index in [9.17, 15) is 14.5 Å². The van der Waals surface area contributed by atoms with Gasteiger partial charge in [0.2, 0.25) is 5.91 Å². The number of hydrogen-bond donors (Lipinski definition) is 4. The molecule has 7 nitrogen and oxygen atoms in total. The van der Waals surface area contributed by atoms with Crippen LogP contribution >= 0.6 is 7.82 Å². The molecule has 0 aliphatic heterocycles. The number of carbonyl (C=O) groups is 1. The first-order valence-corrected chi connectivity index (χ1v) is 11.5. The highest BCUT2D eigenvalue weighted by Crippen LogP contribution is 2.35. The van der Waals surface area contributed by atoms with Gasteiger partial charge in [-0.15, -0.1) is 0 Å². The molecule has 0 heterocycles. The second-order valence-electron chi connectivity index (χ2n) is 7.07. The van der Waals surface area contributed by atoms with Gasteiger partial charge in [0.15, 0.2) is 0 Å². The Morgan fingerprint density at radius 3 is 2.39 bits per heavy atom. The zero-order chi connectivity index (χ0) is 20.8. The summed E-state index contributed by atoms with van der Waals surface area (Å²) >= 11 is 0. The molecule has 0 saturated heterocycles. The van der Waals surface area contributed by atoms with Crippen molar-refractivity contribution in [2.24, 2.45) is 0 Å². The third-order valence-corrected chi connectivity index (χ3v) is 4.97. The maximum atomic E-state index is 12.0. The number of benzene rings is 1. The lowest BCUT2D eigenvalue weighted by Crippen LogP contribution is -2.40. The van der Waals surface area contributed by atoms with Gasteiger partial charge in [0.25, 0.3) is 0 Å². The second kappa shape index (κ2) is 13.9. The first-order chi connectivity index (χ1) is 13.3. The fraction of sp³-hybridized carbons (Fsp3) is 0.650. The molecular formula is C20H34NO6P. The van der Waals surface area contributed by atoms with E-state index in [1.165, 1.54) is 44.1 Å². The molecule has 1 rings (SSSR count). The van der Waals surface area contributed by atoms with Gasteiger partial charge in [-0.3, -0.25) is 9.32 Å². The van der Waals surface area contributed by atoms with E-state index in [0.717, 1.165) is 12.0 Å². The number of nitrogens with one attached hydrogen (secondary N) is 1. The number of amides is 1. The molecular weight excluding hydrogens is 381 g/mol. The molecule has 1 aromatic rings. The number of phosphoric acid groups is 1. The average molecular weight is 415 g/mol. The Hall–Kier alpha value is -1.24. The molecule has 4 N–H and O–H groups in total. The minimum Gasteiger partial charge on any atom is -0.394 e. The van der Waals surface area contributed by atoms with Crippen LogP contribution in [0.25, 0.3) is 0 Å². The molecule has 0 unspecified atom stereocenters. The van der Waals surface area contributed by atoms with Crippen molar-refractivity contribution >= 4 is 13.7 Å². The number of rotatable bonds is 15. The molecule has 160 valence electrons. The van der Waals surface area contributed by atoms with E-state index in [2.05, 4.69) is 28.9 Å². The standard InChI is InChI=1S/C20H34NO6P/c1-2-3-4-5-6-7-9-17-10-8-11-18(14-17)12-13-20(23)21-19(15-22)16-27-28(24,25)26/h8,10-11,14,19,22H,2-7,9,12-13,15-16H2,1H3,(H,21,23)(H2,24,25,26)/t19-/m1/s1. The SMILES string of the molecule is CCCCCCCCc1cccc(CCC(=O)N[C@H](CO)COP(=O)(O)O)c1. The van der Waals surface area contributed by atoms with E-state index >= 15 is 0 Å². The molecule has 0 aliphatic rings. The molecule has 0 fully saturated rings. The fourth-order valence-electron chi connectivity index (χ4n) is 2.93. The van der Waals surface area contributed by atoms with Crippen molar-refractivity contribution in [1.82, 2.24) is 5.32 Å². The Kier molecular flexibility index (Phi) is 12.3. The molecule has 28 heavy (non-hydrogen) atoms. The molecule has 1 amide bonds. The Bertz CT molecular complexity index is 618. The van der Waals surface area contributed by atoms with Crippen molar-refractivity contribution in [3.05, 3.63) is 35.4 Å². The van der Waals surface area contributed by atoms with Gasteiger partial charge in [0, 0.05) is 6.42 Å². The van der Waals surface area contributed by atoms with E-state index in [0.29, 0.717) is 6.42 Å². The van der Waals surface area contributed by atoms with Crippen LogP contribution in [0.15, 0.2) is 24.3 Å². The van der Waals surface area contributed by atoms with Crippen LogP contribution in [0.4, 0.5) is 0 Å². The van der Waals surface area contributed by atoms with E-state index in [-0.39, 0.29) is 12.3 Å². The van der Waals surface area contributed by atoms with Crippen molar-refractivity contribution in [1.29, 1.82) is 0 Å². The first-order valence-electron chi connectivity index (χ1n) is 10.0. The lowest BCUT2D eigenvalue weighted by molar-refractivity contribution is -0.122. The van der Waals surface area contributed by atoms with Gasteiger partial charge in [-0.2, -0.15) is 0 Å². The van der Waals surface area contributed by atoms with Crippen LogP contribution in [0.3, 0.4) is 0 Å². The minimum atomic E-state index is -4.63. The third-order valence-electron chi connectivity index (χ3n) is 4.48. The molecule has 1 atom stereocenters. The summed E-state index contributed by atoms with van der Waals surface area (Å²) in [7, 11) is -4.63. The van der Waals surface area contributed by atoms with Gasteiger partial charge >= 0.3 is 7.82 Å². The number of phosphoric ester groups is 1. The summed E-state index contributed by atoms with van der Waals surface area (Å²) in [5.74, 6) is -0.297. The average Bonchev–Trinajstić information content (AvgIpc) is 2.66. The summed E-state index contributed by atoms with van der Waals surface area (Å²) in [6.07, 6.45) is 9.40. The van der Waals surface area contributed by atoms with Gasteiger partial charge in [-0.05, 0) is 30.4 Å². The number of hydrogen-bond acceptors (Lipinski definition) is 4. The number of aliphatic hydroxyl groups excluding tert-OH is 1. The van der Waals surface area contributed by atoms with Crippen molar-refractivity contribution < 1.29 is 28.8 Å². The summed E-state index contributed by atoms with van der Waals surface area (Å²) in [4.78, 5) is 29.4. The molecule has 8 heteroatoms. The highest BCUT2D eigenvalue weighted by atomic mass is 31.2. The second-order valence-corrected chi connectivity index (χ2v) is 8.31. The molecule has 0 radical (unpaired) electrons. The third kappa shape index (κ3) is 12.3. The Balaban J connectivity index is 2.35. The number of unbranched alkanes of at least 4 members (excludes halogenated alkanes) is 5. The van der Waals surface area contributed by atoms with Gasteiger partial charge in [-0.1, -0.05) is 63.3 Å². The predicted octanol–water partition coefficient (Wildman–Crippen LogP) is 3.11. The lowest BCUT2D eigenvalue weighted by atomic mass is 10.0. The van der Waals surface area contributed by atoms with Crippen LogP contribution in [0.1, 0.15) is 63.0 Å². The highest BCUT2D eigenvalue weighted by Gasteiger charge is 2.19. The quantitative estimate of drug-likeness (QED) is 0.258. The maximum Gasteiger partial charge on any atom is 0.469 e. The zero-order valence-corrected chi connectivity index (χ0v) is 17.6. The van der Waals surface area contributed by atoms with E-state index in [1.54, 1.807) is 0 Å². The summed E-state index contributed by atoms with van der Waals surface area (Å²) in [5, 5.41) is 11.7. The van der Waals surface area contributed by atoms with Crippen molar-refractivity contribution in [2.45, 2.75) is 70.8 Å². The summed E-state index contributed by atoms with van der Waals surface area (Å²) < 4.78 is 15.0. The first kappa shape index (κ1) is 24.8. The number of aliphatic hydroxyl groups is 1. The number of carbonyl (C=O) groups excluding carboxylic acids is 1. The van der Waals surface area contributed by atoms with Crippen LogP contribution < -0.4 is 5.32 Å². The molecule has 0 aromatic heterocycles. The van der Waals surface area contributed by atoms with Gasteiger partial charge in [0.1, 0.15) is 0 Å². The Morgan fingerprint density at radius 2 is 1.75 bits per heavy atom. The largest absolute Gasteiger partial charge is 0.469 e. The van der Waals surface area contributed by atoms with Crippen LogP contribution in [0.5, 0.6) is 0 Å². The molecule has 0 bridgehead atoms. The zero-order valence-electron chi connectivity index (χ0n) is 16.7. The van der Waals surface area contributed by atoms with Crippen molar-refractivity contribution in [3.8, 4) is 0 Å². The highest BCUT2D eigenvalue weighted by molar-refractivity contribution is 7.46. The normalized spacial score (nSPS) is 12.7. The van der Waals surface area contributed by atoms with Crippen LogP contribution in [-0.4, -0.2) is 40.1 Å². The molecule has 1 aromatic carbocycles. The predicted molar refractivity (Wildman–Crippen MR) is 109 cm³/mol. The van der Waals surface area contributed by atoms with E-state index in [4.69, 9.17) is 9.79 Å². The Labute approximate surface area is 167 Å². The minimum absolute atomic E-state index is 0.229. The smallest absolute Gasteiger partial charge is 0.394 e. The fourth-order valence-corrected chi connectivity index (χ4v) is 3.31. The van der Waals surface area contributed by atoms with E-state index < -0.39 is 27.1 Å². The van der Waals surface area contributed by atoms with Crippen LogP contribution in [0.2, 0.25) is 0 Å². The van der Waals surface area contributed by atoms with Crippen molar-refractivity contribution in [3.63, 3.8) is 0 Å². The van der Waals surface area contributed by atoms with Crippen molar-refractivity contribution in [2.75, 3.05) is 13.2 Å². The summed E-state index contributed by atoms with van der Waals surface area (Å²) in [6, 6.07) is 7.37. The van der Waals surface area contributed by atoms with Crippen LogP contribution in [0, 0.1) is 0 Å². The van der Waals surface area contributed by atoms with E-state index in [1.807, 2.05) is 12.1 Å².